The van der Waals surface area contributed by atoms with E-state index in [-0.39, 0.29) is 24.0 Å². The summed E-state index contributed by atoms with van der Waals surface area (Å²) in [6.45, 7) is 0.304. The van der Waals surface area contributed by atoms with Gasteiger partial charge in [-0.25, -0.2) is 4.79 Å². The van der Waals surface area contributed by atoms with Gasteiger partial charge in [0.15, 0.2) is 0 Å². The molecule has 2 aromatic carbocycles. The average molecular weight is 366 g/mol. The summed E-state index contributed by atoms with van der Waals surface area (Å²) in [6.07, 6.45) is 1.75. The first-order chi connectivity index (χ1) is 13.1. The molecule has 0 saturated carbocycles. The Kier molecular flexibility index (Phi) is 5.61. The number of carboxylic acid groups (broad SMARTS) is 1. The molecule has 1 aliphatic rings. The van der Waals surface area contributed by atoms with E-state index in [0.29, 0.717) is 6.61 Å². The number of rotatable bonds is 8. The fraction of sp³-hybridized carbons (Fsp3) is 0.200. The van der Waals surface area contributed by atoms with Gasteiger partial charge in [0.2, 0.25) is 0 Å². The molecule has 1 aliphatic heterocycles. The summed E-state index contributed by atoms with van der Waals surface area (Å²) in [6, 6.07) is 14.6. The fourth-order valence-electron chi connectivity index (χ4n) is 2.88. The predicted molar refractivity (Wildman–Crippen MR) is 97.3 cm³/mol. The molecule has 0 radical (unpaired) electrons. The Morgan fingerprint density at radius 1 is 1.04 bits per heavy atom. The molecule has 3 rings (SSSR count). The number of aliphatic carboxylic acids is 1. The van der Waals surface area contributed by atoms with Crippen molar-refractivity contribution in [3.63, 3.8) is 0 Å². The van der Waals surface area contributed by atoms with E-state index in [1.165, 1.54) is 18.3 Å². The van der Waals surface area contributed by atoms with Crippen molar-refractivity contribution < 1.29 is 24.3 Å². The average Bonchev–Trinajstić information content (AvgIpc) is 2.93. The van der Waals surface area contributed by atoms with Crippen molar-refractivity contribution >= 4 is 24.0 Å². The number of benzene rings is 2. The van der Waals surface area contributed by atoms with Gasteiger partial charge in [0, 0.05) is 6.21 Å². The van der Waals surface area contributed by atoms with Crippen LogP contribution in [-0.4, -0.2) is 40.0 Å². The number of carboxylic acids is 1. The van der Waals surface area contributed by atoms with Crippen molar-refractivity contribution in [2.24, 2.45) is 5.16 Å². The highest BCUT2D eigenvalue weighted by molar-refractivity contribution is 6.22. The van der Waals surface area contributed by atoms with Gasteiger partial charge < -0.3 is 9.94 Å². The molecule has 0 spiro atoms. The molecule has 1 N–H and O–H groups in total. The van der Waals surface area contributed by atoms with Crippen molar-refractivity contribution in [3.8, 4) is 0 Å². The maximum absolute atomic E-state index is 12.4. The predicted octanol–water partition coefficient (Wildman–Crippen LogP) is 2.72. The molecule has 0 fully saturated rings. The van der Waals surface area contributed by atoms with E-state index in [2.05, 4.69) is 5.16 Å². The number of fused-ring (bicyclic) bond motifs is 1. The maximum atomic E-state index is 12.4. The number of hydrogen-bond acceptors (Lipinski definition) is 5. The van der Waals surface area contributed by atoms with Gasteiger partial charge in [0.25, 0.3) is 11.8 Å². The third-order valence-corrected chi connectivity index (χ3v) is 4.21. The standard InChI is InChI=1S/C20H18N2O5/c23-18-15-9-4-5-10-16(15)19(24)22(18)17(20(25)26)11-6-12-21-27-13-14-7-2-1-3-8-14/h1-5,7-10,12,17H,6,11,13H2,(H,25,26)/b21-12+/t17-/m1/s1. The quantitative estimate of drug-likeness (QED) is 0.440. The maximum Gasteiger partial charge on any atom is 0.326 e. The zero-order valence-electron chi connectivity index (χ0n) is 14.4. The lowest BCUT2D eigenvalue weighted by atomic mass is 10.1. The first kappa shape index (κ1) is 18.3. The number of carbonyl (C=O) groups excluding carboxylic acids is 2. The van der Waals surface area contributed by atoms with E-state index < -0.39 is 23.8 Å². The SMILES string of the molecule is O=C(O)[C@@H](CC/C=N/OCc1ccccc1)N1C(=O)c2ccccc2C1=O. The zero-order chi connectivity index (χ0) is 19.2. The van der Waals surface area contributed by atoms with Gasteiger partial charge in [-0.15, -0.1) is 0 Å². The summed E-state index contributed by atoms with van der Waals surface area (Å²) in [5, 5.41) is 13.3. The summed E-state index contributed by atoms with van der Waals surface area (Å²) in [4.78, 5) is 42.4. The first-order valence-corrected chi connectivity index (χ1v) is 8.47. The van der Waals surface area contributed by atoms with E-state index in [1.54, 1.807) is 12.1 Å². The third kappa shape index (κ3) is 4.03. The number of imide groups is 1. The molecule has 2 amide bonds. The minimum absolute atomic E-state index is 0.0546. The molecule has 0 aliphatic carbocycles. The fourth-order valence-corrected chi connectivity index (χ4v) is 2.88. The molecule has 0 bridgehead atoms. The summed E-state index contributed by atoms with van der Waals surface area (Å²) in [7, 11) is 0. The number of hydrogen-bond donors (Lipinski definition) is 1. The number of amides is 2. The van der Waals surface area contributed by atoms with Crippen molar-refractivity contribution in [2.45, 2.75) is 25.5 Å². The Morgan fingerprint density at radius 2 is 1.63 bits per heavy atom. The molecule has 7 nitrogen and oxygen atoms in total. The summed E-state index contributed by atoms with van der Waals surface area (Å²) >= 11 is 0. The zero-order valence-corrected chi connectivity index (χ0v) is 14.4. The second-order valence-corrected chi connectivity index (χ2v) is 6.00. The normalized spacial score (nSPS) is 14.4. The first-order valence-electron chi connectivity index (χ1n) is 8.47. The molecular weight excluding hydrogens is 348 g/mol. The monoisotopic (exact) mass is 366 g/mol. The summed E-state index contributed by atoms with van der Waals surface area (Å²) in [5.74, 6) is -2.40. The topological polar surface area (TPSA) is 96.3 Å². The van der Waals surface area contributed by atoms with Gasteiger partial charge in [0.05, 0.1) is 11.1 Å². The third-order valence-electron chi connectivity index (χ3n) is 4.21. The lowest BCUT2D eigenvalue weighted by Gasteiger charge is -2.21. The van der Waals surface area contributed by atoms with Crippen LogP contribution in [-0.2, 0) is 16.2 Å². The van der Waals surface area contributed by atoms with E-state index in [1.807, 2.05) is 30.3 Å². The summed E-state index contributed by atoms with van der Waals surface area (Å²) < 4.78 is 0. The second kappa shape index (κ2) is 8.27. The van der Waals surface area contributed by atoms with Crippen molar-refractivity contribution in [3.05, 3.63) is 71.3 Å². The Morgan fingerprint density at radius 3 is 2.22 bits per heavy atom. The molecule has 1 atom stereocenters. The van der Waals surface area contributed by atoms with Gasteiger partial charge in [-0.2, -0.15) is 0 Å². The number of oxime groups is 1. The van der Waals surface area contributed by atoms with Gasteiger partial charge in [-0.05, 0) is 30.5 Å². The van der Waals surface area contributed by atoms with Crippen LogP contribution in [0.1, 0.15) is 39.1 Å². The Bertz CT molecular complexity index is 844. The van der Waals surface area contributed by atoms with Crippen molar-refractivity contribution in [1.29, 1.82) is 0 Å². The van der Waals surface area contributed by atoms with Crippen LogP contribution < -0.4 is 0 Å². The van der Waals surface area contributed by atoms with E-state index in [9.17, 15) is 19.5 Å². The van der Waals surface area contributed by atoms with Crippen LogP contribution in [0.25, 0.3) is 0 Å². The lowest BCUT2D eigenvalue weighted by Crippen LogP contribution is -2.44. The number of nitrogens with zero attached hydrogens (tertiary/aromatic N) is 2. The molecule has 0 aromatic heterocycles. The van der Waals surface area contributed by atoms with Gasteiger partial charge in [0.1, 0.15) is 12.6 Å². The van der Waals surface area contributed by atoms with Crippen LogP contribution >= 0.6 is 0 Å². The molecule has 1 heterocycles. The number of carbonyl (C=O) groups is 3. The molecule has 0 saturated heterocycles. The van der Waals surface area contributed by atoms with Crippen LogP contribution in [0, 0.1) is 0 Å². The molecule has 7 heteroatoms. The van der Waals surface area contributed by atoms with Crippen molar-refractivity contribution in [2.75, 3.05) is 0 Å². The Balaban J connectivity index is 1.57. The van der Waals surface area contributed by atoms with Gasteiger partial charge in [-0.3, -0.25) is 14.5 Å². The highest BCUT2D eigenvalue weighted by Gasteiger charge is 2.42. The molecule has 2 aromatic rings. The molecular formula is C20H18N2O5. The smallest absolute Gasteiger partial charge is 0.326 e. The largest absolute Gasteiger partial charge is 0.480 e. The molecule has 138 valence electrons. The Hall–Kier alpha value is -3.48. The molecule has 27 heavy (non-hydrogen) atoms. The van der Waals surface area contributed by atoms with Gasteiger partial charge in [-0.1, -0.05) is 47.6 Å². The molecule has 0 unspecified atom stereocenters. The highest BCUT2D eigenvalue weighted by atomic mass is 16.6. The minimum Gasteiger partial charge on any atom is -0.480 e. The lowest BCUT2D eigenvalue weighted by molar-refractivity contribution is -0.141. The van der Waals surface area contributed by atoms with E-state index in [0.717, 1.165) is 10.5 Å². The van der Waals surface area contributed by atoms with Crippen molar-refractivity contribution in [1.82, 2.24) is 4.90 Å². The Labute approximate surface area is 155 Å². The van der Waals surface area contributed by atoms with E-state index >= 15 is 0 Å². The van der Waals surface area contributed by atoms with Crippen LogP contribution in [0.3, 0.4) is 0 Å². The second-order valence-electron chi connectivity index (χ2n) is 6.00. The van der Waals surface area contributed by atoms with Crippen LogP contribution in [0.5, 0.6) is 0 Å². The van der Waals surface area contributed by atoms with Crippen LogP contribution in [0.15, 0.2) is 59.8 Å². The van der Waals surface area contributed by atoms with Crippen LogP contribution in [0.4, 0.5) is 0 Å². The van der Waals surface area contributed by atoms with E-state index in [4.69, 9.17) is 4.84 Å². The minimum atomic E-state index is -1.25. The van der Waals surface area contributed by atoms with Gasteiger partial charge >= 0.3 is 5.97 Å². The summed E-state index contributed by atoms with van der Waals surface area (Å²) in [5.41, 5.74) is 1.42. The van der Waals surface area contributed by atoms with Crippen LogP contribution in [0.2, 0.25) is 0 Å². The highest BCUT2D eigenvalue weighted by Crippen LogP contribution is 2.26.